The summed E-state index contributed by atoms with van der Waals surface area (Å²) in [5.41, 5.74) is -0.0793. The molecule has 0 aliphatic heterocycles. The normalized spacial score (nSPS) is 13.8. The molecule has 1 rings (SSSR count). The third-order valence-electron chi connectivity index (χ3n) is 2.33. The van der Waals surface area contributed by atoms with Gasteiger partial charge in [-0.15, -0.1) is 11.3 Å². The lowest BCUT2D eigenvalue weighted by Gasteiger charge is -2.20. The van der Waals surface area contributed by atoms with E-state index in [9.17, 15) is 0 Å². The maximum atomic E-state index is 5.67. The molecule has 0 fully saturated rings. The topological polar surface area (TPSA) is 30.5 Å². The Morgan fingerprint density at radius 2 is 2.11 bits per heavy atom. The molecule has 1 N–H and O–H groups in total. The summed E-state index contributed by atoms with van der Waals surface area (Å²) in [5, 5.41) is 5.49. The van der Waals surface area contributed by atoms with E-state index in [4.69, 9.17) is 9.47 Å². The van der Waals surface area contributed by atoms with Gasteiger partial charge in [-0.2, -0.15) is 0 Å². The Kier molecular flexibility index (Phi) is 6.86. The van der Waals surface area contributed by atoms with Crippen LogP contribution in [0.4, 0.5) is 0 Å². The zero-order valence-electron chi connectivity index (χ0n) is 11.9. The van der Waals surface area contributed by atoms with E-state index in [1.54, 1.807) is 11.3 Å². The van der Waals surface area contributed by atoms with Gasteiger partial charge in [-0.1, -0.05) is 6.07 Å². The third kappa shape index (κ3) is 7.82. The van der Waals surface area contributed by atoms with Crippen LogP contribution in [-0.4, -0.2) is 31.5 Å². The lowest BCUT2D eigenvalue weighted by Crippen LogP contribution is -2.28. The van der Waals surface area contributed by atoms with Gasteiger partial charge in [0.1, 0.15) is 0 Å². The summed E-state index contributed by atoms with van der Waals surface area (Å²) >= 11 is 1.78. The lowest BCUT2D eigenvalue weighted by atomic mass is 10.2. The van der Waals surface area contributed by atoms with Gasteiger partial charge in [0, 0.05) is 18.0 Å². The molecule has 0 saturated carbocycles. The van der Waals surface area contributed by atoms with Gasteiger partial charge in [-0.3, -0.25) is 0 Å². The minimum absolute atomic E-state index is 0.0793. The van der Waals surface area contributed by atoms with E-state index < -0.39 is 0 Å². The Morgan fingerprint density at radius 3 is 2.72 bits per heavy atom. The van der Waals surface area contributed by atoms with Crippen LogP contribution in [0.15, 0.2) is 17.5 Å². The maximum absolute atomic E-state index is 5.67. The van der Waals surface area contributed by atoms with E-state index in [2.05, 4.69) is 50.5 Å². The molecule has 3 nitrogen and oxygen atoms in total. The average Bonchev–Trinajstić information content (AvgIpc) is 2.76. The fourth-order valence-electron chi connectivity index (χ4n) is 1.47. The second-order valence-corrected chi connectivity index (χ2v) is 6.38. The molecule has 1 aromatic heterocycles. The van der Waals surface area contributed by atoms with Gasteiger partial charge in [0.2, 0.25) is 0 Å². The molecule has 0 aliphatic rings. The zero-order valence-corrected chi connectivity index (χ0v) is 12.7. The van der Waals surface area contributed by atoms with Crippen LogP contribution < -0.4 is 5.32 Å². The van der Waals surface area contributed by atoms with Crippen molar-refractivity contribution in [3.05, 3.63) is 22.4 Å². The summed E-state index contributed by atoms with van der Waals surface area (Å²) in [6, 6.07) is 4.21. The highest BCUT2D eigenvalue weighted by atomic mass is 32.1. The highest BCUT2D eigenvalue weighted by molar-refractivity contribution is 7.09. The Balaban J connectivity index is 1.99. The Bertz CT molecular complexity index is 306. The van der Waals surface area contributed by atoms with Crippen LogP contribution in [0.3, 0.4) is 0 Å². The predicted molar refractivity (Wildman–Crippen MR) is 77.1 cm³/mol. The van der Waals surface area contributed by atoms with Crippen LogP contribution in [0.25, 0.3) is 0 Å². The number of nitrogens with one attached hydrogen (secondary N) is 1. The van der Waals surface area contributed by atoms with E-state index in [-0.39, 0.29) is 11.7 Å². The predicted octanol–water partition coefficient (Wildman–Crippen LogP) is 3.06. The molecule has 104 valence electrons. The number of hydrogen-bond acceptors (Lipinski definition) is 4. The molecule has 0 amide bonds. The summed E-state index contributed by atoms with van der Waals surface area (Å²) in [4.78, 5) is 1.36. The van der Waals surface area contributed by atoms with E-state index in [1.165, 1.54) is 4.88 Å². The smallest absolute Gasteiger partial charge is 0.0707 e. The Morgan fingerprint density at radius 1 is 1.33 bits per heavy atom. The van der Waals surface area contributed by atoms with Crippen molar-refractivity contribution in [1.29, 1.82) is 0 Å². The first-order valence-corrected chi connectivity index (χ1v) is 7.34. The summed E-state index contributed by atoms with van der Waals surface area (Å²) in [7, 11) is 0. The van der Waals surface area contributed by atoms with Gasteiger partial charge in [-0.05, 0) is 39.1 Å². The third-order valence-corrected chi connectivity index (χ3v) is 3.21. The highest BCUT2D eigenvalue weighted by Gasteiger charge is 2.09. The van der Waals surface area contributed by atoms with Crippen molar-refractivity contribution in [1.82, 2.24) is 5.32 Å². The van der Waals surface area contributed by atoms with Crippen molar-refractivity contribution in [2.75, 3.05) is 19.8 Å². The Labute approximate surface area is 114 Å². The quantitative estimate of drug-likeness (QED) is 0.737. The van der Waals surface area contributed by atoms with Crippen molar-refractivity contribution in [3.8, 4) is 0 Å². The molecule has 1 atom stereocenters. The molecule has 0 bridgehead atoms. The minimum atomic E-state index is -0.0793. The first kappa shape index (κ1) is 15.6. The first-order chi connectivity index (χ1) is 8.47. The van der Waals surface area contributed by atoms with Crippen molar-refractivity contribution in [3.63, 3.8) is 0 Å². The molecule has 1 unspecified atom stereocenters. The van der Waals surface area contributed by atoms with Crippen molar-refractivity contribution >= 4 is 11.3 Å². The number of ether oxygens (including phenoxy) is 2. The molecule has 1 aromatic rings. The summed E-state index contributed by atoms with van der Waals surface area (Å²) in [6.07, 6.45) is 0.216. The number of thiophene rings is 1. The zero-order chi connectivity index (χ0) is 13.4. The molecule has 0 aliphatic carbocycles. The fourth-order valence-corrected chi connectivity index (χ4v) is 2.14. The van der Waals surface area contributed by atoms with Crippen LogP contribution in [0.2, 0.25) is 0 Å². The number of hydrogen-bond donors (Lipinski definition) is 1. The number of rotatable bonds is 8. The molecule has 0 spiro atoms. The molecule has 4 heteroatoms. The largest absolute Gasteiger partial charge is 0.375 e. The van der Waals surface area contributed by atoms with Crippen LogP contribution in [0, 0.1) is 0 Å². The van der Waals surface area contributed by atoms with E-state index in [0.29, 0.717) is 13.2 Å². The average molecular weight is 271 g/mol. The minimum Gasteiger partial charge on any atom is -0.375 e. The van der Waals surface area contributed by atoms with Crippen LogP contribution in [-0.2, 0) is 16.0 Å². The fraction of sp³-hybridized carbons (Fsp3) is 0.714. The summed E-state index contributed by atoms with van der Waals surface area (Å²) < 4.78 is 11.3. The van der Waals surface area contributed by atoms with Gasteiger partial charge in [-0.25, -0.2) is 0 Å². The van der Waals surface area contributed by atoms with Gasteiger partial charge in [0.05, 0.1) is 24.9 Å². The van der Waals surface area contributed by atoms with Crippen LogP contribution in [0.5, 0.6) is 0 Å². The van der Waals surface area contributed by atoms with Crippen molar-refractivity contribution in [2.45, 2.75) is 45.9 Å². The van der Waals surface area contributed by atoms with Crippen LogP contribution >= 0.6 is 11.3 Å². The lowest BCUT2D eigenvalue weighted by molar-refractivity contribution is -0.0480. The van der Waals surface area contributed by atoms with Gasteiger partial charge in [0.25, 0.3) is 0 Å². The Hall–Kier alpha value is -0.420. The summed E-state index contributed by atoms with van der Waals surface area (Å²) in [6.45, 7) is 11.3. The molecule has 0 aromatic carbocycles. The molecule has 18 heavy (non-hydrogen) atoms. The highest BCUT2D eigenvalue weighted by Crippen LogP contribution is 2.08. The molecule has 0 saturated heterocycles. The second kappa shape index (κ2) is 7.89. The van der Waals surface area contributed by atoms with Crippen molar-refractivity contribution < 1.29 is 9.47 Å². The van der Waals surface area contributed by atoms with E-state index in [0.717, 1.165) is 13.1 Å². The van der Waals surface area contributed by atoms with Crippen LogP contribution in [0.1, 0.15) is 32.6 Å². The first-order valence-electron chi connectivity index (χ1n) is 6.46. The SMILES string of the molecule is CC(CNCc1cccs1)OCCOC(C)(C)C. The monoisotopic (exact) mass is 271 g/mol. The molecular formula is C14H25NO2S. The van der Waals surface area contributed by atoms with Crippen molar-refractivity contribution in [2.24, 2.45) is 0 Å². The molecule has 0 radical (unpaired) electrons. The van der Waals surface area contributed by atoms with Gasteiger partial charge >= 0.3 is 0 Å². The van der Waals surface area contributed by atoms with E-state index in [1.807, 2.05) is 0 Å². The summed E-state index contributed by atoms with van der Waals surface area (Å²) in [5.74, 6) is 0. The van der Waals surface area contributed by atoms with E-state index >= 15 is 0 Å². The van der Waals surface area contributed by atoms with Gasteiger partial charge in [0.15, 0.2) is 0 Å². The standard InChI is InChI=1S/C14H25NO2S/c1-12(16-7-8-17-14(2,3)4)10-15-11-13-6-5-9-18-13/h5-6,9,12,15H,7-8,10-11H2,1-4H3. The maximum Gasteiger partial charge on any atom is 0.0707 e. The molecule has 1 heterocycles. The van der Waals surface area contributed by atoms with Gasteiger partial charge < -0.3 is 14.8 Å². The molecular weight excluding hydrogens is 246 g/mol. The second-order valence-electron chi connectivity index (χ2n) is 5.35.